The molecule has 0 bridgehead atoms. The van der Waals surface area contributed by atoms with E-state index in [-0.39, 0.29) is 17.6 Å². The molecule has 0 radical (unpaired) electrons. The predicted octanol–water partition coefficient (Wildman–Crippen LogP) is 7.78. The number of hydrogen-bond acceptors (Lipinski definition) is 1. The topological polar surface area (TPSA) is 9.23 Å². The van der Waals surface area contributed by atoms with Crippen LogP contribution in [0.5, 0.6) is 5.75 Å². The maximum atomic E-state index is 15.0. The molecule has 3 heteroatoms. The SMILES string of the molecule is C/C=C/COc1cc(F)c2cc(C3CCC4CC(CC)CCC4C3)c(F)cc2c1. The number of hydrogen-bond donors (Lipinski definition) is 0. The van der Waals surface area contributed by atoms with E-state index < -0.39 is 0 Å². The summed E-state index contributed by atoms with van der Waals surface area (Å²) in [5, 5.41) is 1.07. The lowest BCUT2D eigenvalue weighted by atomic mass is 9.63. The molecule has 4 rings (SSSR count). The quantitative estimate of drug-likeness (QED) is 0.467. The third-order valence-corrected chi connectivity index (χ3v) is 7.31. The average molecular weight is 399 g/mol. The van der Waals surface area contributed by atoms with Crippen molar-refractivity contribution in [3.8, 4) is 5.75 Å². The van der Waals surface area contributed by atoms with Crippen molar-refractivity contribution in [1.29, 1.82) is 0 Å². The molecule has 156 valence electrons. The highest BCUT2D eigenvalue weighted by Crippen LogP contribution is 2.48. The Kier molecular flexibility index (Phi) is 6.22. The van der Waals surface area contributed by atoms with E-state index in [1.807, 2.05) is 19.1 Å². The Balaban J connectivity index is 1.56. The van der Waals surface area contributed by atoms with Crippen LogP contribution < -0.4 is 4.74 Å². The van der Waals surface area contributed by atoms with Crippen LogP contribution >= 0.6 is 0 Å². The maximum absolute atomic E-state index is 15.0. The molecule has 0 aromatic heterocycles. The minimum atomic E-state index is -0.337. The van der Waals surface area contributed by atoms with Crippen molar-refractivity contribution in [3.63, 3.8) is 0 Å². The van der Waals surface area contributed by atoms with Gasteiger partial charge in [-0.2, -0.15) is 0 Å². The Labute approximate surface area is 173 Å². The molecule has 2 saturated carbocycles. The third-order valence-electron chi connectivity index (χ3n) is 7.31. The second-order valence-corrected chi connectivity index (χ2v) is 9.00. The molecule has 2 fully saturated rings. The largest absolute Gasteiger partial charge is 0.489 e. The summed E-state index contributed by atoms with van der Waals surface area (Å²) in [6.45, 7) is 4.59. The molecule has 4 atom stereocenters. The van der Waals surface area contributed by atoms with Gasteiger partial charge in [0.2, 0.25) is 0 Å². The molecule has 2 aliphatic carbocycles. The molecule has 0 aliphatic heterocycles. The fourth-order valence-corrected chi connectivity index (χ4v) is 5.61. The average Bonchev–Trinajstić information content (AvgIpc) is 2.73. The van der Waals surface area contributed by atoms with Crippen molar-refractivity contribution < 1.29 is 13.5 Å². The van der Waals surface area contributed by atoms with Gasteiger partial charge in [-0.05, 0) is 91.8 Å². The van der Waals surface area contributed by atoms with Gasteiger partial charge in [0, 0.05) is 11.5 Å². The van der Waals surface area contributed by atoms with Gasteiger partial charge in [0.15, 0.2) is 0 Å². The molecule has 0 N–H and O–H groups in total. The first kappa shape index (κ1) is 20.4. The van der Waals surface area contributed by atoms with Crippen molar-refractivity contribution in [2.45, 2.75) is 64.7 Å². The second-order valence-electron chi connectivity index (χ2n) is 9.00. The molecule has 2 aromatic rings. The van der Waals surface area contributed by atoms with Gasteiger partial charge in [0.25, 0.3) is 0 Å². The fourth-order valence-electron chi connectivity index (χ4n) is 5.61. The van der Waals surface area contributed by atoms with E-state index in [4.69, 9.17) is 4.74 Å². The van der Waals surface area contributed by atoms with E-state index in [2.05, 4.69) is 6.92 Å². The van der Waals surface area contributed by atoms with E-state index in [0.717, 1.165) is 24.7 Å². The van der Waals surface area contributed by atoms with Gasteiger partial charge in [-0.3, -0.25) is 0 Å². The molecule has 4 unspecified atom stereocenters. The molecule has 1 nitrogen and oxygen atoms in total. The smallest absolute Gasteiger partial charge is 0.134 e. The molecule has 29 heavy (non-hydrogen) atoms. The van der Waals surface area contributed by atoms with E-state index in [9.17, 15) is 4.39 Å². The minimum absolute atomic E-state index is 0.201. The van der Waals surface area contributed by atoms with Crippen LogP contribution in [0.3, 0.4) is 0 Å². The lowest BCUT2D eigenvalue weighted by molar-refractivity contribution is 0.115. The second kappa shape index (κ2) is 8.85. The standard InChI is InChI=1S/C26H32F2O/c1-3-5-10-29-22-13-21-14-25(27)23(16-24(21)26(28)15-22)20-9-8-18-11-17(4-2)6-7-19(18)12-20/h3,5,13-20H,4,6-12H2,1-2H3/b5-3+. The van der Waals surface area contributed by atoms with Crippen LogP contribution in [0.25, 0.3) is 10.8 Å². The maximum Gasteiger partial charge on any atom is 0.134 e. The monoisotopic (exact) mass is 398 g/mol. The fraction of sp³-hybridized carbons (Fsp3) is 0.538. The summed E-state index contributed by atoms with van der Waals surface area (Å²) in [5.74, 6) is 2.51. The normalized spacial score (nSPS) is 27.3. The minimum Gasteiger partial charge on any atom is -0.489 e. The van der Waals surface area contributed by atoms with Crippen molar-refractivity contribution in [1.82, 2.24) is 0 Å². The van der Waals surface area contributed by atoms with Gasteiger partial charge in [0.1, 0.15) is 24.0 Å². The Morgan fingerprint density at radius 1 is 0.966 bits per heavy atom. The first-order valence-corrected chi connectivity index (χ1v) is 11.3. The van der Waals surface area contributed by atoms with Gasteiger partial charge in [-0.25, -0.2) is 8.78 Å². The molecule has 0 amide bonds. The Bertz CT molecular complexity index is 888. The van der Waals surface area contributed by atoms with Crippen LogP contribution in [-0.4, -0.2) is 6.61 Å². The number of fused-ring (bicyclic) bond motifs is 2. The highest BCUT2D eigenvalue weighted by atomic mass is 19.1. The summed E-state index contributed by atoms with van der Waals surface area (Å²) < 4.78 is 35.4. The van der Waals surface area contributed by atoms with Crippen molar-refractivity contribution in [2.24, 2.45) is 17.8 Å². The Morgan fingerprint density at radius 3 is 2.55 bits per heavy atom. The number of rotatable bonds is 5. The number of allylic oxidation sites excluding steroid dienone is 1. The molecule has 0 spiro atoms. The van der Waals surface area contributed by atoms with Gasteiger partial charge >= 0.3 is 0 Å². The molecular weight excluding hydrogens is 366 g/mol. The molecular formula is C26H32F2O. The summed E-state index contributed by atoms with van der Waals surface area (Å²) in [5.41, 5.74) is 0.704. The summed E-state index contributed by atoms with van der Waals surface area (Å²) in [6.07, 6.45) is 12.2. The lowest BCUT2D eigenvalue weighted by Crippen LogP contribution is -2.30. The van der Waals surface area contributed by atoms with Crippen LogP contribution in [0.1, 0.15) is 70.3 Å². The van der Waals surface area contributed by atoms with Crippen LogP contribution in [0.2, 0.25) is 0 Å². The van der Waals surface area contributed by atoms with Crippen LogP contribution in [-0.2, 0) is 0 Å². The molecule has 0 saturated heterocycles. The van der Waals surface area contributed by atoms with E-state index in [0.29, 0.717) is 34.6 Å². The summed E-state index contributed by atoms with van der Waals surface area (Å²) in [4.78, 5) is 0. The van der Waals surface area contributed by atoms with Crippen molar-refractivity contribution in [2.75, 3.05) is 6.61 Å². The van der Waals surface area contributed by atoms with Crippen molar-refractivity contribution >= 4 is 10.8 Å². The molecule has 2 aliphatic rings. The number of halogens is 2. The number of ether oxygens (including phenoxy) is 1. The zero-order valence-corrected chi connectivity index (χ0v) is 17.6. The van der Waals surface area contributed by atoms with E-state index in [1.165, 1.54) is 44.2 Å². The van der Waals surface area contributed by atoms with Crippen LogP contribution in [0.4, 0.5) is 8.78 Å². The highest BCUT2D eigenvalue weighted by Gasteiger charge is 2.36. The van der Waals surface area contributed by atoms with Crippen LogP contribution in [0, 0.1) is 29.4 Å². The lowest BCUT2D eigenvalue weighted by Gasteiger charge is -2.42. The summed E-state index contributed by atoms with van der Waals surface area (Å²) in [7, 11) is 0. The van der Waals surface area contributed by atoms with Gasteiger partial charge in [-0.1, -0.05) is 31.9 Å². The van der Waals surface area contributed by atoms with Crippen molar-refractivity contribution in [3.05, 3.63) is 53.6 Å². The third kappa shape index (κ3) is 4.34. The molecule has 2 aromatic carbocycles. The molecule has 0 heterocycles. The van der Waals surface area contributed by atoms with E-state index in [1.54, 1.807) is 12.1 Å². The van der Waals surface area contributed by atoms with Gasteiger partial charge in [-0.15, -0.1) is 0 Å². The van der Waals surface area contributed by atoms with Gasteiger partial charge < -0.3 is 4.74 Å². The Hall–Kier alpha value is -1.90. The summed E-state index contributed by atoms with van der Waals surface area (Å²) >= 11 is 0. The first-order valence-electron chi connectivity index (χ1n) is 11.3. The van der Waals surface area contributed by atoms with Gasteiger partial charge in [0.05, 0.1) is 0 Å². The first-order chi connectivity index (χ1) is 14.1. The number of benzene rings is 2. The predicted molar refractivity (Wildman–Crippen MR) is 115 cm³/mol. The summed E-state index contributed by atoms with van der Waals surface area (Å²) in [6, 6.07) is 6.41. The van der Waals surface area contributed by atoms with E-state index >= 15 is 4.39 Å². The zero-order chi connectivity index (χ0) is 20.4. The zero-order valence-electron chi connectivity index (χ0n) is 17.6. The van der Waals surface area contributed by atoms with Crippen LogP contribution in [0.15, 0.2) is 36.4 Å². The highest BCUT2D eigenvalue weighted by molar-refractivity contribution is 5.85. The Morgan fingerprint density at radius 2 is 1.76 bits per heavy atom.